The van der Waals surface area contributed by atoms with Gasteiger partial charge in [-0.25, -0.2) is 0 Å². The predicted molar refractivity (Wildman–Crippen MR) is 137 cm³/mol. The van der Waals surface area contributed by atoms with Crippen molar-refractivity contribution in [1.29, 1.82) is 0 Å². The van der Waals surface area contributed by atoms with E-state index in [-0.39, 0.29) is 25.0 Å². The Labute approximate surface area is 222 Å². The molecule has 2 atom stereocenters. The molecule has 0 aliphatic carbocycles. The van der Waals surface area contributed by atoms with Crippen LogP contribution < -0.4 is 10.1 Å². The van der Waals surface area contributed by atoms with Gasteiger partial charge in [-0.3, -0.25) is 24.2 Å². The summed E-state index contributed by atoms with van der Waals surface area (Å²) in [4.78, 5) is 36.9. The van der Waals surface area contributed by atoms with E-state index in [0.717, 1.165) is 0 Å². The van der Waals surface area contributed by atoms with E-state index < -0.39 is 12.1 Å². The number of nitrogens with one attached hydrogen (secondary N) is 1. The van der Waals surface area contributed by atoms with Gasteiger partial charge in [-0.2, -0.15) is 0 Å². The molecule has 194 valence electrons. The number of hydrogen-bond acceptors (Lipinski definition) is 8. The maximum absolute atomic E-state index is 13.4. The lowest BCUT2D eigenvalue weighted by molar-refractivity contribution is 0.0291. The third-order valence-electron chi connectivity index (χ3n) is 6.60. The fourth-order valence-electron chi connectivity index (χ4n) is 4.65. The van der Waals surface area contributed by atoms with E-state index in [1.165, 1.54) is 0 Å². The number of hydrogen-bond donors (Lipinski definition) is 1. The van der Waals surface area contributed by atoms with Crippen molar-refractivity contribution in [3.63, 3.8) is 0 Å². The van der Waals surface area contributed by atoms with E-state index >= 15 is 0 Å². The van der Waals surface area contributed by atoms with Gasteiger partial charge in [-0.15, -0.1) is 5.10 Å². The zero-order valence-corrected chi connectivity index (χ0v) is 21.0. The van der Waals surface area contributed by atoms with Gasteiger partial charge in [0.1, 0.15) is 11.4 Å². The van der Waals surface area contributed by atoms with Gasteiger partial charge < -0.3 is 19.7 Å². The summed E-state index contributed by atoms with van der Waals surface area (Å²) >= 11 is 6.29. The summed E-state index contributed by atoms with van der Waals surface area (Å²) in [6.45, 7) is 1.78. The Hall–Kier alpha value is -4.09. The molecule has 6 rings (SSSR count). The SMILES string of the molecule is O=C1N[C@H]2CN(C(=O)c3ccc4nccnc4c3)C[C@@H]2OCc2cn(nn2)CCCOc2cc1ccc2Cl. The average Bonchev–Trinajstić information content (AvgIpc) is 3.56. The van der Waals surface area contributed by atoms with Crippen molar-refractivity contribution in [3.8, 4) is 5.75 Å². The fraction of sp³-hybridized carbons (Fsp3) is 0.308. The van der Waals surface area contributed by atoms with E-state index in [1.807, 2.05) is 6.20 Å². The Balaban J connectivity index is 1.27. The number of carbonyl (C=O) groups excluding carboxylic acids is 2. The van der Waals surface area contributed by atoms with Gasteiger partial charge in [0.15, 0.2) is 0 Å². The van der Waals surface area contributed by atoms with Crippen LogP contribution in [0.25, 0.3) is 11.0 Å². The molecule has 0 unspecified atom stereocenters. The van der Waals surface area contributed by atoms with Gasteiger partial charge in [0.2, 0.25) is 0 Å². The molecule has 4 heterocycles. The molecule has 1 N–H and O–H groups in total. The number of carbonyl (C=O) groups is 2. The quantitative estimate of drug-likeness (QED) is 0.396. The van der Waals surface area contributed by atoms with Crippen molar-refractivity contribution in [2.45, 2.75) is 31.7 Å². The molecule has 2 aromatic heterocycles. The van der Waals surface area contributed by atoms with Gasteiger partial charge in [-0.05, 0) is 36.4 Å². The van der Waals surface area contributed by atoms with Crippen LogP contribution >= 0.6 is 11.6 Å². The number of aromatic nitrogens is 5. The number of halogens is 1. The van der Waals surface area contributed by atoms with Gasteiger partial charge in [0, 0.05) is 49.6 Å². The summed E-state index contributed by atoms with van der Waals surface area (Å²) in [5.41, 5.74) is 2.90. The van der Waals surface area contributed by atoms with Crippen LogP contribution in [0.2, 0.25) is 5.02 Å². The van der Waals surface area contributed by atoms with Crippen LogP contribution in [0.4, 0.5) is 0 Å². The molecule has 1 saturated heterocycles. The molecule has 0 radical (unpaired) electrons. The maximum atomic E-state index is 13.4. The minimum atomic E-state index is -0.454. The van der Waals surface area contributed by atoms with Crippen LogP contribution in [0.1, 0.15) is 32.8 Å². The zero-order chi connectivity index (χ0) is 26.1. The Kier molecular flexibility index (Phi) is 6.61. The number of nitrogens with zero attached hydrogens (tertiary/aromatic N) is 6. The van der Waals surface area contributed by atoms with Crippen molar-refractivity contribution in [3.05, 3.63) is 76.8 Å². The normalized spacial score (nSPS) is 20.0. The smallest absolute Gasteiger partial charge is 0.254 e. The molecule has 2 amide bonds. The molecule has 11 nitrogen and oxygen atoms in total. The highest BCUT2D eigenvalue weighted by atomic mass is 35.5. The first-order valence-electron chi connectivity index (χ1n) is 12.3. The Morgan fingerprint density at radius 2 is 1.95 bits per heavy atom. The van der Waals surface area contributed by atoms with Crippen LogP contribution in [-0.4, -0.2) is 73.5 Å². The molecule has 0 saturated carbocycles. The minimum absolute atomic E-state index is 0.179. The summed E-state index contributed by atoms with van der Waals surface area (Å²) in [6, 6.07) is 9.69. The Morgan fingerprint density at radius 1 is 1.08 bits per heavy atom. The van der Waals surface area contributed by atoms with Gasteiger partial charge in [0.25, 0.3) is 11.8 Å². The average molecular weight is 534 g/mol. The van der Waals surface area contributed by atoms with Gasteiger partial charge in [-0.1, -0.05) is 16.8 Å². The number of likely N-dealkylation sites (tertiary alicyclic amines) is 1. The number of aryl methyl sites for hydroxylation is 1. The molecule has 12 heteroatoms. The number of amides is 2. The number of fused-ring (bicyclic) bond motifs is 6. The molecule has 0 spiro atoms. The van der Waals surface area contributed by atoms with E-state index in [1.54, 1.807) is 58.4 Å². The molecule has 4 bridgehead atoms. The van der Waals surface area contributed by atoms with Crippen LogP contribution in [0.3, 0.4) is 0 Å². The second kappa shape index (κ2) is 10.3. The summed E-state index contributed by atoms with van der Waals surface area (Å²) in [6.07, 6.45) is 5.24. The van der Waals surface area contributed by atoms with Crippen molar-refractivity contribution < 1.29 is 19.1 Å². The summed E-state index contributed by atoms with van der Waals surface area (Å²) in [5, 5.41) is 11.8. The van der Waals surface area contributed by atoms with Crippen LogP contribution in [-0.2, 0) is 17.9 Å². The predicted octanol–water partition coefficient (Wildman–Crippen LogP) is 2.50. The molecule has 4 aromatic rings. The first-order chi connectivity index (χ1) is 18.5. The van der Waals surface area contributed by atoms with E-state index in [2.05, 4.69) is 25.6 Å². The maximum Gasteiger partial charge on any atom is 0.254 e. The summed E-state index contributed by atoms with van der Waals surface area (Å²) in [5.74, 6) is -0.0542. The third-order valence-corrected chi connectivity index (χ3v) is 6.91. The number of benzene rings is 2. The lowest BCUT2D eigenvalue weighted by atomic mass is 10.1. The monoisotopic (exact) mass is 533 g/mol. The summed E-state index contributed by atoms with van der Waals surface area (Å²) < 4.78 is 13.7. The molecular weight excluding hydrogens is 510 g/mol. The summed E-state index contributed by atoms with van der Waals surface area (Å²) in [7, 11) is 0. The fourth-order valence-corrected chi connectivity index (χ4v) is 4.82. The van der Waals surface area contributed by atoms with Crippen LogP contribution in [0.15, 0.2) is 55.0 Å². The van der Waals surface area contributed by atoms with E-state index in [9.17, 15) is 9.59 Å². The molecule has 38 heavy (non-hydrogen) atoms. The molecular formula is C26H24ClN7O4. The first-order valence-corrected chi connectivity index (χ1v) is 12.7. The second-order valence-corrected chi connectivity index (χ2v) is 9.63. The molecule has 2 aliphatic rings. The highest BCUT2D eigenvalue weighted by Gasteiger charge is 2.38. The Bertz CT molecular complexity index is 1510. The minimum Gasteiger partial charge on any atom is -0.492 e. The molecule has 2 aliphatic heterocycles. The molecule has 1 fully saturated rings. The van der Waals surface area contributed by atoms with E-state index in [4.69, 9.17) is 21.1 Å². The van der Waals surface area contributed by atoms with Crippen molar-refractivity contribution >= 4 is 34.4 Å². The van der Waals surface area contributed by atoms with Crippen molar-refractivity contribution in [1.82, 2.24) is 35.2 Å². The largest absolute Gasteiger partial charge is 0.492 e. The highest BCUT2D eigenvalue weighted by Crippen LogP contribution is 2.27. The van der Waals surface area contributed by atoms with Crippen LogP contribution in [0.5, 0.6) is 5.75 Å². The molecule has 2 aromatic carbocycles. The number of ether oxygens (including phenoxy) is 2. The lowest BCUT2D eigenvalue weighted by Crippen LogP contribution is -2.44. The van der Waals surface area contributed by atoms with Gasteiger partial charge >= 0.3 is 0 Å². The van der Waals surface area contributed by atoms with E-state index in [0.29, 0.717) is 64.7 Å². The highest BCUT2D eigenvalue weighted by molar-refractivity contribution is 6.32. The standard InChI is InChI=1S/C26H24ClN7O4/c27-19-4-2-16-11-23(19)37-9-1-8-34-12-18(31-32-34)15-38-24-14-33(13-22(24)30-25(16)35)26(36)17-3-5-20-21(10-17)29-7-6-28-20/h2-7,10-12,22,24H,1,8-9,13-15H2,(H,30,35)/t22-,24-/m0/s1. The van der Waals surface area contributed by atoms with Crippen LogP contribution in [0, 0.1) is 0 Å². The third kappa shape index (κ3) is 5.02. The number of rotatable bonds is 1. The lowest BCUT2D eigenvalue weighted by Gasteiger charge is -2.20. The topological polar surface area (TPSA) is 124 Å². The van der Waals surface area contributed by atoms with Crippen molar-refractivity contribution in [2.24, 2.45) is 0 Å². The second-order valence-electron chi connectivity index (χ2n) is 9.22. The van der Waals surface area contributed by atoms with Crippen molar-refractivity contribution in [2.75, 3.05) is 19.7 Å². The first kappa shape index (κ1) is 24.3. The zero-order valence-electron chi connectivity index (χ0n) is 20.3. The van der Waals surface area contributed by atoms with Gasteiger partial charge in [0.05, 0.1) is 47.6 Å². The Morgan fingerprint density at radius 3 is 2.84 bits per heavy atom.